The van der Waals surface area contributed by atoms with Gasteiger partial charge in [0.1, 0.15) is 30.9 Å². The van der Waals surface area contributed by atoms with Crippen LogP contribution in [-0.4, -0.2) is 56.8 Å². The van der Waals surface area contributed by atoms with Gasteiger partial charge in [0.2, 0.25) is 0 Å². The summed E-state index contributed by atoms with van der Waals surface area (Å²) in [6.45, 7) is 11.8. The van der Waals surface area contributed by atoms with E-state index in [2.05, 4.69) is 62.1 Å². The molecule has 0 unspecified atom stereocenters. The second kappa shape index (κ2) is 10.4. The zero-order valence-electron chi connectivity index (χ0n) is 17.8. The Morgan fingerprint density at radius 2 is 1.79 bits per heavy atom. The van der Waals surface area contributed by atoms with Crippen molar-refractivity contribution in [3.63, 3.8) is 0 Å². The molecule has 0 aliphatic carbocycles. The number of morpholine rings is 1. The number of quaternary nitrogens is 1. The van der Waals surface area contributed by atoms with Crippen LogP contribution in [0.5, 0.6) is 5.75 Å². The van der Waals surface area contributed by atoms with Gasteiger partial charge in [-0.1, -0.05) is 30.3 Å². The minimum absolute atomic E-state index is 0.0901. The third kappa shape index (κ3) is 5.37. The van der Waals surface area contributed by atoms with Crippen molar-refractivity contribution in [2.24, 2.45) is 4.99 Å². The molecule has 0 bridgehead atoms. The molecule has 2 aromatic carbocycles. The molecule has 0 spiro atoms. The van der Waals surface area contributed by atoms with Crippen LogP contribution < -0.4 is 9.80 Å². The third-order valence-corrected chi connectivity index (χ3v) is 5.81. The van der Waals surface area contributed by atoms with Crippen LogP contribution in [0.15, 0.2) is 53.5 Å². The fraction of sp³-hybridized carbons (Fsp3) is 0.458. The van der Waals surface area contributed by atoms with Gasteiger partial charge >= 0.3 is 0 Å². The predicted octanol–water partition coefficient (Wildman–Crippen LogP) is 2.70. The van der Waals surface area contributed by atoms with Crippen LogP contribution in [0.2, 0.25) is 0 Å². The number of phenolic OH excluding ortho intramolecular Hbond substituents is 1. The summed E-state index contributed by atoms with van der Waals surface area (Å²) >= 11 is 0. The minimum Gasteiger partial charge on any atom is -0.507 e. The lowest BCUT2D eigenvalue weighted by Gasteiger charge is -2.33. The second-order valence-corrected chi connectivity index (χ2v) is 7.59. The number of nitrogens with zero attached hydrogens (tertiary/aromatic N) is 2. The maximum Gasteiger partial charge on any atom is 0.136 e. The minimum atomic E-state index is 0.0901. The maximum absolute atomic E-state index is 10.5. The van der Waals surface area contributed by atoms with Crippen LogP contribution in [0.4, 0.5) is 5.69 Å². The standard InChI is InChI=1S/C24H33N3O2/c1-4-26(5-2)22-12-11-21(23(28)17-22)18-25-19(3)24(20-9-7-6-8-10-20)27-13-15-29-16-14-27/h6-12,17-19,24,28H,4-5,13-16H2,1-3H3/p+1/t19-,24+/m0/s1. The van der Waals surface area contributed by atoms with Crippen molar-refractivity contribution in [3.05, 3.63) is 59.7 Å². The maximum atomic E-state index is 10.5. The number of nitrogens with one attached hydrogen (secondary N) is 1. The van der Waals surface area contributed by atoms with Crippen LogP contribution in [-0.2, 0) is 4.74 Å². The fourth-order valence-electron chi connectivity index (χ4n) is 4.17. The van der Waals surface area contributed by atoms with E-state index >= 15 is 0 Å². The topological polar surface area (TPSA) is 49.5 Å². The van der Waals surface area contributed by atoms with Crippen molar-refractivity contribution >= 4 is 11.9 Å². The first-order chi connectivity index (χ1) is 14.1. The van der Waals surface area contributed by atoms with Crippen LogP contribution in [0, 0.1) is 0 Å². The van der Waals surface area contributed by atoms with E-state index in [4.69, 9.17) is 9.73 Å². The van der Waals surface area contributed by atoms with Crippen LogP contribution in [0.25, 0.3) is 0 Å². The first-order valence-electron chi connectivity index (χ1n) is 10.7. The molecule has 0 saturated carbocycles. The first-order valence-corrected chi connectivity index (χ1v) is 10.7. The molecule has 2 N–H and O–H groups in total. The molecule has 1 aliphatic heterocycles. The summed E-state index contributed by atoms with van der Waals surface area (Å²) in [7, 11) is 0. The summed E-state index contributed by atoms with van der Waals surface area (Å²) in [6.07, 6.45) is 1.82. The van der Waals surface area contributed by atoms with E-state index in [-0.39, 0.29) is 17.8 Å². The zero-order chi connectivity index (χ0) is 20.6. The summed E-state index contributed by atoms with van der Waals surface area (Å²) in [6, 6.07) is 16.8. The predicted molar refractivity (Wildman–Crippen MR) is 119 cm³/mol. The fourth-order valence-corrected chi connectivity index (χ4v) is 4.17. The first kappa shape index (κ1) is 21.3. The van der Waals surface area contributed by atoms with Crippen molar-refractivity contribution in [1.29, 1.82) is 0 Å². The highest BCUT2D eigenvalue weighted by Crippen LogP contribution is 2.24. The Labute approximate surface area is 174 Å². The van der Waals surface area contributed by atoms with E-state index in [0.29, 0.717) is 0 Å². The van der Waals surface area contributed by atoms with Crippen LogP contribution in [0.3, 0.4) is 0 Å². The average molecular weight is 397 g/mol. The highest BCUT2D eigenvalue weighted by molar-refractivity contribution is 5.84. The number of rotatable bonds is 8. The largest absolute Gasteiger partial charge is 0.507 e. The number of aromatic hydroxyl groups is 1. The molecule has 0 aromatic heterocycles. The molecule has 2 atom stereocenters. The van der Waals surface area contributed by atoms with Crippen molar-refractivity contribution in [2.75, 3.05) is 44.3 Å². The summed E-state index contributed by atoms with van der Waals surface area (Å²) < 4.78 is 5.56. The molecule has 1 fully saturated rings. The van der Waals surface area contributed by atoms with Gasteiger partial charge in [0.25, 0.3) is 0 Å². The van der Waals surface area contributed by atoms with Gasteiger partial charge in [0, 0.05) is 42.2 Å². The molecule has 1 aliphatic rings. The van der Waals surface area contributed by atoms with Gasteiger partial charge in [0.15, 0.2) is 0 Å². The molecule has 2 aromatic rings. The Hall–Kier alpha value is -2.37. The monoisotopic (exact) mass is 396 g/mol. The van der Waals surface area contributed by atoms with E-state index in [1.165, 1.54) is 10.5 Å². The average Bonchev–Trinajstić information content (AvgIpc) is 2.76. The van der Waals surface area contributed by atoms with E-state index in [0.717, 1.165) is 50.6 Å². The third-order valence-electron chi connectivity index (χ3n) is 5.81. The molecule has 3 rings (SSSR count). The molecule has 0 amide bonds. The lowest BCUT2D eigenvalue weighted by Crippen LogP contribution is -3.15. The van der Waals surface area contributed by atoms with Crippen LogP contribution >= 0.6 is 0 Å². The zero-order valence-corrected chi connectivity index (χ0v) is 17.8. The summed E-state index contributed by atoms with van der Waals surface area (Å²) in [4.78, 5) is 8.59. The number of aliphatic imine (C=N–C) groups is 1. The van der Waals surface area contributed by atoms with Crippen molar-refractivity contribution in [1.82, 2.24) is 0 Å². The van der Waals surface area contributed by atoms with Gasteiger partial charge in [-0.25, -0.2) is 0 Å². The number of phenols is 1. The molecule has 5 heteroatoms. The van der Waals surface area contributed by atoms with E-state index in [1.54, 1.807) is 0 Å². The van der Waals surface area contributed by atoms with Gasteiger partial charge in [0.05, 0.1) is 13.2 Å². The number of hydrogen-bond donors (Lipinski definition) is 2. The highest BCUT2D eigenvalue weighted by atomic mass is 16.5. The van der Waals surface area contributed by atoms with Gasteiger partial charge in [-0.05, 0) is 32.9 Å². The highest BCUT2D eigenvalue weighted by Gasteiger charge is 2.30. The summed E-state index contributed by atoms with van der Waals surface area (Å²) in [5.74, 6) is 0.278. The van der Waals surface area contributed by atoms with E-state index < -0.39 is 0 Å². The lowest BCUT2D eigenvalue weighted by atomic mass is 9.98. The molecule has 5 nitrogen and oxygen atoms in total. The van der Waals surface area contributed by atoms with Gasteiger partial charge < -0.3 is 19.6 Å². The second-order valence-electron chi connectivity index (χ2n) is 7.59. The van der Waals surface area contributed by atoms with E-state index in [1.807, 2.05) is 18.3 Å². The number of hydrogen-bond acceptors (Lipinski definition) is 4. The Bertz CT molecular complexity index is 784. The molecule has 29 heavy (non-hydrogen) atoms. The van der Waals surface area contributed by atoms with Crippen molar-refractivity contribution < 1.29 is 14.7 Å². The lowest BCUT2D eigenvalue weighted by molar-refractivity contribution is -0.940. The summed E-state index contributed by atoms with van der Waals surface area (Å²) in [5, 5.41) is 10.5. The number of ether oxygens (including phenoxy) is 1. The number of anilines is 1. The van der Waals surface area contributed by atoms with Gasteiger partial charge in [-0.15, -0.1) is 0 Å². The van der Waals surface area contributed by atoms with Gasteiger partial charge in [-0.2, -0.15) is 0 Å². The Morgan fingerprint density at radius 3 is 2.41 bits per heavy atom. The smallest absolute Gasteiger partial charge is 0.136 e. The molecule has 1 heterocycles. The Kier molecular flexibility index (Phi) is 7.67. The molecule has 0 radical (unpaired) electrons. The number of benzene rings is 2. The van der Waals surface area contributed by atoms with E-state index in [9.17, 15) is 5.11 Å². The molecule has 156 valence electrons. The molecule has 1 saturated heterocycles. The summed E-state index contributed by atoms with van der Waals surface area (Å²) in [5.41, 5.74) is 3.10. The Balaban J connectivity index is 1.80. The van der Waals surface area contributed by atoms with Gasteiger partial charge in [-0.3, -0.25) is 4.99 Å². The quantitative estimate of drug-likeness (QED) is 0.675. The molecular formula is C24H34N3O2+. The molecular weight excluding hydrogens is 362 g/mol. The normalized spacial score (nSPS) is 17.3. The van der Waals surface area contributed by atoms with Crippen molar-refractivity contribution in [2.45, 2.75) is 32.9 Å². The van der Waals surface area contributed by atoms with Crippen molar-refractivity contribution in [3.8, 4) is 5.75 Å². The SMILES string of the molecule is CCN(CC)c1ccc(C=N[C@@H](C)[C@H](c2ccccc2)[NH+]2CCOCC2)c(O)c1. The van der Waals surface area contributed by atoms with Crippen LogP contribution in [0.1, 0.15) is 37.9 Å². The Morgan fingerprint density at radius 1 is 1.10 bits per heavy atom.